The molecule has 2 heterocycles. The van der Waals surface area contributed by atoms with Crippen molar-refractivity contribution in [1.82, 2.24) is 4.90 Å². The van der Waals surface area contributed by atoms with Gasteiger partial charge in [0.25, 0.3) is 0 Å². The maximum absolute atomic E-state index is 5.38. The Hall–Kier alpha value is -1.74. The molecule has 0 fully saturated rings. The van der Waals surface area contributed by atoms with Crippen molar-refractivity contribution < 1.29 is 4.42 Å². The summed E-state index contributed by atoms with van der Waals surface area (Å²) in [5.41, 5.74) is 2.77. The van der Waals surface area contributed by atoms with Crippen LogP contribution in [0.15, 0.2) is 47.1 Å². The van der Waals surface area contributed by atoms with Gasteiger partial charge in [-0.1, -0.05) is 18.2 Å². The van der Waals surface area contributed by atoms with Crippen LogP contribution in [0.3, 0.4) is 0 Å². The summed E-state index contributed by atoms with van der Waals surface area (Å²) in [7, 11) is 2.15. The average molecular weight is 256 g/mol. The second-order valence-electron chi connectivity index (χ2n) is 5.27. The van der Waals surface area contributed by atoms with E-state index in [4.69, 9.17) is 4.42 Å². The molecule has 1 aromatic carbocycles. The fourth-order valence-electron chi connectivity index (χ4n) is 2.74. The third-order valence-corrected chi connectivity index (χ3v) is 3.80. The summed E-state index contributed by atoms with van der Waals surface area (Å²) >= 11 is 0. The number of hydrogen-bond acceptors (Lipinski definition) is 3. The van der Waals surface area contributed by atoms with Crippen molar-refractivity contribution in [3.8, 4) is 0 Å². The summed E-state index contributed by atoms with van der Waals surface area (Å²) in [4.78, 5) is 2.32. The molecule has 1 N–H and O–H groups in total. The van der Waals surface area contributed by atoms with Crippen molar-refractivity contribution in [3.05, 3.63) is 54.0 Å². The molecule has 0 bridgehead atoms. The lowest BCUT2D eigenvalue weighted by molar-refractivity contribution is 0.285. The number of nitrogens with zero attached hydrogens (tertiary/aromatic N) is 1. The molecule has 1 aromatic heterocycles. The van der Waals surface area contributed by atoms with Crippen molar-refractivity contribution in [2.45, 2.75) is 18.9 Å². The Balaban J connectivity index is 1.53. The zero-order chi connectivity index (χ0) is 13.1. The summed E-state index contributed by atoms with van der Waals surface area (Å²) in [6.45, 7) is 3.03. The molecule has 0 amide bonds. The first-order valence-electron chi connectivity index (χ1n) is 6.86. The Morgan fingerprint density at radius 1 is 1.26 bits per heavy atom. The highest BCUT2D eigenvalue weighted by Gasteiger charge is 2.21. The van der Waals surface area contributed by atoms with Crippen molar-refractivity contribution in [3.63, 3.8) is 0 Å². The maximum atomic E-state index is 5.38. The number of furan rings is 1. The van der Waals surface area contributed by atoms with E-state index in [0.29, 0.717) is 5.92 Å². The maximum Gasteiger partial charge on any atom is 0.117 e. The van der Waals surface area contributed by atoms with Crippen molar-refractivity contribution in [2.75, 3.05) is 25.5 Å². The topological polar surface area (TPSA) is 28.4 Å². The summed E-state index contributed by atoms with van der Waals surface area (Å²) in [5.74, 6) is 1.67. The van der Waals surface area contributed by atoms with Crippen LogP contribution in [0.1, 0.15) is 23.7 Å². The summed E-state index contributed by atoms with van der Waals surface area (Å²) in [6.07, 6.45) is 2.92. The van der Waals surface area contributed by atoms with Gasteiger partial charge in [-0.3, -0.25) is 4.90 Å². The minimum Gasteiger partial charge on any atom is -0.468 e. The van der Waals surface area contributed by atoms with Gasteiger partial charge in [-0.15, -0.1) is 0 Å². The van der Waals surface area contributed by atoms with E-state index in [1.165, 1.54) is 17.7 Å². The van der Waals surface area contributed by atoms with E-state index in [1.54, 1.807) is 6.26 Å². The molecule has 100 valence electrons. The first kappa shape index (κ1) is 12.3. The van der Waals surface area contributed by atoms with Crippen LogP contribution in [0.25, 0.3) is 0 Å². The molecule has 3 nitrogen and oxygen atoms in total. The molecule has 19 heavy (non-hydrogen) atoms. The highest BCUT2D eigenvalue weighted by atomic mass is 16.3. The lowest BCUT2D eigenvalue weighted by Crippen LogP contribution is -2.21. The quantitative estimate of drug-likeness (QED) is 0.889. The second kappa shape index (κ2) is 5.49. The normalized spacial score (nSPS) is 17.5. The first-order chi connectivity index (χ1) is 9.33. The van der Waals surface area contributed by atoms with E-state index >= 15 is 0 Å². The second-order valence-corrected chi connectivity index (χ2v) is 5.27. The van der Waals surface area contributed by atoms with Gasteiger partial charge in [0.1, 0.15) is 5.76 Å². The van der Waals surface area contributed by atoms with Crippen LogP contribution in [-0.4, -0.2) is 25.0 Å². The van der Waals surface area contributed by atoms with Gasteiger partial charge in [-0.2, -0.15) is 0 Å². The van der Waals surface area contributed by atoms with E-state index in [2.05, 4.69) is 41.5 Å². The molecule has 3 rings (SSSR count). The van der Waals surface area contributed by atoms with Crippen LogP contribution in [0.5, 0.6) is 0 Å². The van der Waals surface area contributed by atoms with Gasteiger partial charge < -0.3 is 9.73 Å². The molecule has 1 aliphatic heterocycles. The van der Waals surface area contributed by atoms with Crippen molar-refractivity contribution >= 4 is 5.69 Å². The highest BCUT2D eigenvalue weighted by Crippen LogP contribution is 2.33. The monoisotopic (exact) mass is 256 g/mol. The highest BCUT2D eigenvalue weighted by molar-refractivity contribution is 5.57. The fourth-order valence-corrected chi connectivity index (χ4v) is 2.74. The minimum atomic E-state index is 0.634. The number of nitrogens with one attached hydrogen (secondary N) is 1. The molecule has 0 spiro atoms. The van der Waals surface area contributed by atoms with Crippen molar-refractivity contribution in [1.29, 1.82) is 0 Å². The standard InChI is InChI=1S/C16H20N2O/c1-18(12-14-5-4-10-19-14)9-8-13-11-17-16-7-3-2-6-15(13)16/h2-7,10,13,17H,8-9,11-12H2,1H3. The molecule has 1 atom stereocenters. The SMILES string of the molecule is CN(CCC1CNc2ccccc21)Cc1ccco1. The smallest absolute Gasteiger partial charge is 0.117 e. The van der Waals surface area contributed by atoms with Gasteiger partial charge in [-0.05, 0) is 43.8 Å². The summed E-state index contributed by atoms with van der Waals surface area (Å²) in [5, 5.41) is 3.48. The van der Waals surface area contributed by atoms with E-state index < -0.39 is 0 Å². The number of fused-ring (bicyclic) bond motifs is 1. The number of hydrogen-bond donors (Lipinski definition) is 1. The van der Waals surface area contributed by atoms with Gasteiger partial charge in [0.05, 0.1) is 12.8 Å². The Labute approximate surface area is 114 Å². The molecule has 2 aromatic rings. The molecule has 0 radical (unpaired) electrons. The third kappa shape index (κ3) is 2.82. The third-order valence-electron chi connectivity index (χ3n) is 3.80. The number of rotatable bonds is 5. The zero-order valence-electron chi connectivity index (χ0n) is 11.3. The predicted octanol–water partition coefficient (Wildman–Crippen LogP) is 3.31. The van der Waals surface area contributed by atoms with E-state index in [0.717, 1.165) is 25.4 Å². The van der Waals surface area contributed by atoms with Crippen molar-refractivity contribution in [2.24, 2.45) is 0 Å². The number of para-hydroxylation sites is 1. The summed E-state index contributed by atoms with van der Waals surface area (Å²) < 4.78 is 5.38. The molecular weight excluding hydrogens is 236 g/mol. The lowest BCUT2D eigenvalue weighted by Gasteiger charge is -2.18. The van der Waals surface area contributed by atoms with Crippen LogP contribution in [0.2, 0.25) is 0 Å². The predicted molar refractivity (Wildman–Crippen MR) is 77.3 cm³/mol. The van der Waals surface area contributed by atoms with Gasteiger partial charge in [-0.25, -0.2) is 0 Å². The Morgan fingerprint density at radius 3 is 3.00 bits per heavy atom. The molecule has 0 saturated carbocycles. The fraction of sp³-hybridized carbons (Fsp3) is 0.375. The molecule has 1 unspecified atom stereocenters. The minimum absolute atomic E-state index is 0.634. The van der Waals surface area contributed by atoms with Gasteiger partial charge in [0, 0.05) is 18.2 Å². The summed E-state index contributed by atoms with van der Waals surface area (Å²) in [6, 6.07) is 12.6. The number of anilines is 1. The van der Waals surface area contributed by atoms with Crippen LogP contribution >= 0.6 is 0 Å². The van der Waals surface area contributed by atoms with Crippen LogP contribution < -0.4 is 5.32 Å². The molecule has 3 heteroatoms. The van der Waals surface area contributed by atoms with Crippen LogP contribution in [-0.2, 0) is 6.54 Å². The molecule has 0 aliphatic carbocycles. The number of benzene rings is 1. The van der Waals surface area contributed by atoms with Gasteiger partial charge in [0.15, 0.2) is 0 Å². The van der Waals surface area contributed by atoms with E-state index in [-0.39, 0.29) is 0 Å². The van der Waals surface area contributed by atoms with Crippen LogP contribution in [0, 0.1) is 0 Å². The molecule has 0 saturated heterocycles. The van der Waals surface area contributed by atoms with E-state index in [9.17, 15) is 0 Å². The largest absolute Gasteiger partial charge is 0.468 e. The zero-order valence-corrected chi connectivity index (χ0v) is 11.3. The Morgan fingerprint density at radius 2 is 2.16 bits per heavy atom. The molecule has 1 aliphatic rings. The van der Waals surface area contributed by atoms with Crippen LogP contribution in [0.4, 0.5) is 5.69 Å². The molecular formula is C16H20N2O. The van der Waals surface area contributed by atoms with Gasteiger partial charge in [0.2, 0.25) is 0 Å². The van der Waals surface area contributed by atoms with E-state index in [1.807, 2.05) is 12.1 Å². The Bertz CT molecular complexity index is 521. The average Bonchev–Trinajstić information content (AvgIpc) is 3.05. The van der Waals surface area contributed by atoms with Gasteiger partial charge >= 0.3 is 0 Å². The first-order valence-corrected chi connectivity index (χ1v) is 6.86. The lowest BCUT2D eigenvalue weighted by atomic mass is 9.98. The Kier molecular flexibility index (Phi) is 3.56.